The van der Waals surface area contributed by atoms with E-state index in [1.54, 1.807) is 9.80 Å². The van der Waals surface area contributed by atoms with Crippen LogP contribution in [0.1, 0.15) is 76.1 Å². The molecule has 2 saturated heterocycles. The highest BCUT2D eigenvalue weighted by molar-refractivity contribution is 5.91. The number of amides is 4. The summed E-state index contributed by atoms with van der Waals surface area (Å²) in [5, 5.41) is 7.49. The van der Waals surface area contributed by atoms with Crippen molar-refractivity contribution in [1.82, 2.24) is 40.4 Å². The maximum atomic E-state index is 13.4. The second-order valence-corrected chi connectivity index (χ2v) is 14.3. The van der Waals surface area contributed by atoms with Gasteiger partial charge in [0, 0.05) is 18.7 Å². The zero-order valence-corrected chi connectivity index (χ0v) is 32.1. The van der Waals surface area contributed by atoms with Gasteiger partial charge in [0.2, 0.25) is 11.8 Å². The van der Waals surface area contributed by atoms with Gasteiger partial charge in [0.1, 0.15) is 23.7 Å². The fourth-order valence-electron chi connectivity index (χ4n) is 7.85. The number of fused-ring (bicyclic) bond motifs is 1. The number of H-pyrrole nitrogens is 2. The Labute approximate surface area is 325 Å². The number of carbonyl (C=O) groups excluding carboxylic acids is 4. The summed E-state index contributed by atoms with van der Waals surface area (Å²) in [6, 6.07) is 19.4. The minimum absolute atomic E-state index is 0.135. The van der Waals surface area contributed by atoms with Crippen LogP contribution >= 0.6 is 0 Å². The van der Waals surface area contributed by atoms with Gasteiger partial charge >= 0.3 is 12.2 Å². The highest BCUT2D eigenvalue weighted by atomic mass is 16.5. The fraction of sp³-hybridized carbons (Fsp3) is 0.381. The summed E-state index contributed by atoms with van der Waals surface area (Å²) in [6.07, 6.45) is 6.60. The van der Waals surface area contributed by atoms with Gasteiger partial charge in [0.15, 0.2) is 0 Å². The van der Waals surface area contributed by atoms with E-state index in [4.69, 9.17) is 9.47 Å². The average molecular weight is 761 g/mol. The van der Waals surface area contributed by atoms with Gasteiger partial charge in [-0.3, -0.25) is 9.59 Å². The van der Waals surface area contributed by atoms with E-state index >= 15 is 0 Å². The van der Waals surface area contributed by atoms with Crippen molar-refractivity contribution >= 4 is 34.8 Å². The molecule has 0 saturated carbocycles. The lowest BCUT2D eigenvalue weighted by Crippen LogP contribution is -2.48. The predicted molar refractivity (Wildman–Crippen MR) is 211 cm³/mol. The van der Waals surface area contributed by atoms with E-state index in [0.29, 0.717) is 25.9 Å². The SMILES string of the molecule is CC[C@H](NC(=O)OC)C(=O)N1CCC[C@H]1c1ncc(-c2ccc(-c3ccc4cc(-c5cnc([C@@H]6CCCN6C(=O)[C@H](CC)NC(=O)OC)[nH]5)ccc4c3)cc2)[nH]1. The normalized spacial score (nSPS) is 17.8. The van der Waals surface area contributed by atoms with E-state index in [2.05, 4.69) is 91.2 Å². The number of hydrogen-bond donors (Lipinski definition) is 4. The summed E-state index contributed by atoms with van der Waals surface area (Å²) >= 11 is 0. The summed E-state index contributed by atoms with van der Waals surface area (Å²) in [5.74, 6) is 1.19. The maximum absolute atomic E-state index is 13.4. The Kier molecular flexibility index (Phi) is 11.3. The number of nitrogens with one attached hydrogen (secondary N) is 4. The molecule has 2 aromatic heterocycles. The molecule has 5 aromatic rings. The molecule has 3 aromatic carbocycles. The highest BCUT2D eigenvalue weighted by Crippen LogP contribution is 2.35. The van der Waals surface area contributed by atoms with Crippen LogP contribution in [0, 0.1) is 0 Å². The van der Waals surface area contributed by atoms with Crippen LogP contribution in [-0.4, -0.2) is 93.1 Å². The highest BCUT2D eigenvalue weighted by Gasteiger charge is 2.37. The first-order valence-corrected chi connectivity index (χ1v) is 19.3. The standard InChI is InChI=1S/C42H48N8O6/c1-5-31(47-41(53)55-3)39(51)49-19-7-9-35(49)37-43-23-33(45-37)26-13-11-25(12-14-26)27-15-16-29-22-30(18-17-28(29)21-27)34-24-44-38(46-34)36-10-8-20-50(36)40(52)32(6-2)48-42(54)56-4/h11-18,21-24,31-32,35-36H,5-10,19-20H2,1-4H3,(H,43,45)(H,44,46)(H,47,53)(H,48,54)/t31-,32-,35-,36-/m0/s1. The lowest BCUT2D eigenvalue weighted by Gasteiger charge is -2.27. The van der Waals surface area contributed by atoms with Gasteiger partial charge in [-0.2, -0.15) is 0 Å². The third-order valence-electron chi connectivity index (χ3n) is 10.9. The van der Waals surface area contributed by atoms with E-state index in [1.807, 2.05) is 26.2 Å². The van der Waals surface area contributed by atoms with E-state index < -0.39 is 24.3 Å². The molecule has 4 amide bonds. The first kappa shape index (κ1) is 38.1. The van der Waals surface area contributed by atoms with Crippen molar-refractivity contribution in [3.63, 3.8) is 0 Å². The van der Waals surface area contributed by atoms with E-state index in [9.17, 15) is 19.2 Å². The summed E-state index contributed by atoms with van der Waals surface area (Å²) < 4.78 is 9.43. The molecule has 0 unspecified atom stereocenters. The molecule has 0 radical (unpaired) electrons. The predicted octanol–water partition coefficient (Wildman–Crippen LogP) is 6.88. The zero-order chi connectivity index (χ0) is 39.3. The molecule has 4 atom stereocenters. The molecule has 14 nitrogen and oxygen atoms in total. The quantitative estimate of drug-likeness (QED) is 0.113. The van der Waals surface area contributed by atoms with Crippen LogP contribution in [0.5, 0.6) is 0 Å². The van der Waals surface area contributed by atoms with Crippen LogP contribution in [0.25, 0.3) is 44.4 Å². The van der Waals surface area contributed by atoms with Gasteiger partial charge in [0.25, 0.3) is 0 Å². The number of likely N-dealkylation sites (tertiary alicyclic amines) is 2. The summed E-state index contributed by atoms with van der Waals surface area (Å²) in [5.41, 5.74) is 5.89. The summed E-state index contributed by atoms with van der Waals surface area (Å²) in [4.78, 5) is 70.2. The van der Waals surface area contributed by atoms with E-state index in [1.165, 1.54) is 14.2 Å². The number of hydrogen-bond acceptors (Lipinski definition) is 8. The van der Waals surface area contributed by atoms with E-state index in [0.717, 1.165) is 81.7 Å². The van der Waals surface area contributed by atoms with E-state index in [-0.39, 0.29) is 23.9 Å². The van der Waals surface area contributed by atoms with Gasteiger partial charge in [-0.05, 0) is 78.1 Å². The molecular formula is C42H48N8O6. The number of ether oxygens (including phenoxy) is 2. The fourth-order valence-corrected chi connectivity index (χ4v) is 7.85. The Morgan fingerprint density at radius 3 is 1.57 bits per heavy atom. The third kappa shape index (κ3) is 7.81. The third-order valence-corrected chi connectivity index (χ3v) is 10.9. The first-order chi connectivity index (χ1) is 27.2. The van der Waals surface area contributed by atoms with Crippen molar-refractivity contribution in [2.75, 3.05) is 27.3 Å². The molecule has 4 heterocycles. The molecule has 56 heavy (non-hydrogen) atoms. The lowest BCUT2D eigenvalue weighted by atomic mass is 9.98. The second kappa shape index (κ2) is 16.7. The van der Waals surface area contributed by atoms with Gasteiger partial charge in [-0.15, -0.1) is 0 Å². The second-order valence-electron chi connectivity index (χ2n) is 14.3. The molecule has 0 aliphatic carbocycles. The first-order valence-electron chi connectivity index (χ1n) is 19.3. The van der Waals surface area contributed by atoms with Gasteiger partial charge < -0.3 is 39.9 Å². The summed E-state index contributed by atoms with van der Waals surface area (Å²) in [6.45, 7) is 4.93. The molecule has 14 heteroatoms. The minimum atomic E-state index is -0.655. The number of methoxy groups -OCH3 is 2. The molecular weight excluding hydrogens is 713 g/mol. The van der Waals surface area contributed by atoms with Crippen molar-refractivity contribution in [2.24, 2.45) is 0 Å². The van der Waals surface area contributed by atoms with Crippen LogP contribution in [0.15, 0.2) is 73.1 Å². The number of alkyl carbamates (subject to hydrolysis) is 2. The summed E-state index contributed by atoms with van der Waals surface area (Å²) in [7, 11) is 2.57. The maximum Gasteiger partial charge on any atom is 0.407 e. The van der Waals surface area contributed by atoms with Crippen molar-refractivity contribution < 1.29 is 28.7 Å². The van der Waals surface area contributed by atoms with Gasteiger partial charge in [-0.25, -0.2) is 19.6 Å². The van der Waals surface area contributed by atoms with Crippen molar-refractivity contribution in [3.05, 3.63) is 84.7 Å². The minimum Gasteiger partial charge on any atom is -0.453 e. The van der Waals surface area contributed by atoms with Crippen molar-refractivity contribution in [2.45, 2.75) is 76.5 Å². The topological polar surface area (TPSA) is 175 Å². The van der Waals surface area contributed by atoms with Crippen molar-refractivity contribution in [1.29, 1.82) is 0 Å². The number of carbonyl (C=O) groups is 4. The van der Waals surface area contributed by atoms with Crippen LogP contribution in [0.3, 0.4) is 0 Å². The van der Waals surface area contributed by atoms with Crippen LogP contribution < -0.4 is 10.6 Å². The number of imidazole rings is 2. The molecule has 2 aliphatic rings. The molecule has 2 aliphatic heterocycles. The Hall–Kier alpha value is -6.18. The van der Waals surface area contributed by atoms with Gasteiger partial charge in [0.05, 0.1) is 50.1 Å². The number of aromatic amines is 2. The Morgan fingerprint density at radius 2 is 1.09 bits per heavy atom. The largest absolute Gasteiger partial charge is 0.453 e. The van der Waals surface area contributed by atoms with Crippen molar-refractivity contribution in [3.8, 4) is 33.6 Å². The number of nitrogens with zero attached hydrogens (tertiary/aromatic N) is 4. The molecule has 2 fully saturated rings. The van der Waals surface area contributed by atoms with Crippen LogP contribution in [0.4, 0.5) is 9.59 Å². The smallest absolute Gasteiger partial charge is 0.407 e. The molecule has 7 rings (SSSR count). The Balaban J connectivity index is 1.02. The Morgan fingerprint density at radius 1 is 0.661 bits per heavy atom. The lowest BCUT2D eigenvalue weighted by molar-refractivity contribution is -0.135. The number of aromatic nitrogens is 4. The monoisotopic (exact) mass is 760 g/mol. The molecule has 0 spiro atoms. The van der Waals surface area contributed by atoms with Gasteiger partial charge in [-0.1, -0.05) is 62.4 Å². The Bertz CT molecular complexity index is 2210. The number of benzene rings is 3. The molecule has 0 bridgehead atoms. The zero-order valence-electron chi connectivity index (χ0n) is 32.1. The number of rotatable bonds is 11. The van der Waals surface area contributed by atoms with Crippen LogP contribution in [-0.2, 0) is 19.1 Å². The van der Waals surface area contributed by atoms with Crippen LogP contribution in [0.2, 0.25) is 0 Å². The molecule has 4 N–H and O–H groups in total. The molecule has 292 valence electrons. The average Bonchev–Trinajstić information content (AvgIpc) is 4.08.